The largest absolute Gasteiger partial charge is 1.00 e. The van der Waals surface area contributed by atoms with Gasteiger partial charge in [-0.1, -0.05) is 119 Å². The second-order valence-electron chi connectivity index (χ2n) is 10.3. The van der Waals surface area contributed by atoms with E-state index in [1.165, 1.54) is 0 Å². The van der Waals surface area contributed by atoms with E-state index in [2.05, 4.69) is 9.97 Å². The third-order valence-electron chi connectivity index (χ3n) is 7.76. The molecule has 0 amide bonds. The van der Waals surface area contributed by atoms with Crippen LogP contribution in [0.25, 0.3) is 89.7 Å². The smallest absolute Gasteiger partial charge is 0.324 e. The zero-order valence-electron chi connectivity index (χ0n) is 22.4. The fourth-order valence-electron chi connectivity index (χ4n) is 5.75. The zero-order chi connectivity index (χ0) is 29.7. The van der Waals surface area contributed by atoms with Gasteiger partial charge in [0.05, 0.1) is 30.9 Å². The number of benzene rings is 4. The maximum Gasteiger partial charge on any atom is 1.00 e. The van der Waals surface area contributed by atoms with Gasteiger partial charge in [-0.3, -0.25) is 0 Å². The third kappa shape index (κ3) is 4.26. The summed E-state index contributed by atoms with van der Waals surface area (Å²) in [7, 11) is 0. The molecule has 2 aliphatic heterocycles. The SMILES string of the molecule is Clc1c(Cl)c(Cl)c2c3nc4nc(nc5[nH]c(nc6nc(nc([nH]3)c2c1Cl)-c1ccccc1-6)c1ccccc51)-c1ccccc1-4.[Ag+]. The Morgan fingerprint density at radius 3 is 1.07 bits per heavy atom. The molecule has 0 radical (unpaired) electrons. The standard InChI is InChI=1S/C32H14Cl4N8.Ag/c33-21-19-20(22(34)24(36)23(21)35)32-43-30-18-12-6-4-10-16(18)28(41-30)39-26-14-8-2-1-7-13(14)25(37-26)38-27-15-9-3-5-11-17(15)29(40-27)42-31(19)44-32;/h1-12H,(H2,37,38,39,40,41,42,43,44);/q;+1. The molecule has 8 nitrogen and oxygen atoms in total. The number of halogens is 4. The van der Waals surface area contributed by atoms with Gasteiger partial charge >= 0.3 is 22.4 Å². The summed E-state index contributed by atoms with van der Waals surface area (Å²) in [6.07, 6.45) is 0. The molecule has 7 aromatic rings. The Labute approximate surface area is 289 Å². The Morgan fingerprint density at radius 2 is 0.689 bits per heavy atom. The molecule has 0 spiro atoms. The molecule has 0 unspecified atom stereocenters. The van der Waals surface area contributed by atoms with Gasteiger partial charge in [0.15, 0.2) is 23.3 Å². The number of aromatic amines is 2. The van der Waals surface area contributed by atoms with Crippen LogP contribution in [0.3, 0.4) is 0 Å². The number of H-pyrrole nitrogens is 2. The van der Waals surface area contributed by atoms with Crippen molar-refractivity contribution in [2.45, 2.75) is 0 Å². The summed E-state index contributed by atoms with van der Waals surface area (Å²) in [6, 6.07) is 23.4. The van der Waals surface area contributed by atoms with Crippen molar-refractivity contribution in [2.24, 2.45) is 0 Å². The van der Waals surface area contributed by atoms with Crippen LogP contribution in [0.2, 0.25) is 20.1 Å². The Balaban J connectivity index is 0.00000300. The summed E-state index contributed by atoms with van der Waals surface area (Å²) in [5, 5.41) is 3.31. The van der Waals surface area contributed by atoms with Crippen LogP contribution in [0.4, 0.5) is 0 Å². The minimum Gasteiger partial charge on any atom is -0.324 e. The van der Waals surface area contributed by atoms with Crippen molar-refractivity contribution < 1.29 is 22.4 Å². The van der Waals surface area contributed by atoms with Crippen LogP contribution in [-0.2, 0) is 22.4 Å². The molecule has 0 atom stereocenters. The van der Waals surface area contributed by atoms with Crippen LogP contribution in [0.15, 0.2) is 72.8 Å². The van der Waals surface area contributed by atoms with Gasteiger partial charge in [0.2, 0.25) is 0 Å². The predicted molar refractivity (Wildman–Crippen MR) is 176 cm³/mol. The van der Waals surface area contributed by atoms with Crippen molar-refractivity contribution in [3.05, 3.63) is 92.9 Å². The zero-order valence-corrected chi connectivity index (χ0v) is 26.9. The second kappa shape index (κ2) is 10.6. The third-order valence-corrected chi connectivity index (χ3v) is 9.57. The molecule has 0 saturated carbocycles. The van der Waals surface area contributed by atoms with Crippen molar-refractivity contribution in [1.82, 2.24) is 39.9 Å². The molecule has 8 bridgehead atoms. The van der Waals surface area contributed by atoms with Gasteiger partial charge in [0.25, 0.3) is 0 Å². The van der Waals surface area contributed by atoms with Crippen LogP contribution in [-0.4, -0.2) is 39.9 Å². The van der Waals surface area contributed by atoms with Gasteiger partial charge < -0.3 is 9.97 Å². The summed E-state index contributed by atoms with van der Waals surface area (Å²) in [5.41, 5.74) is 5.20. The van der Waals surface area contributed by atoms with Gasteiger partial charge in [0.1, 0.15) is 22.6 Å². The summed E-state index contributed by atoms with van der Waals surface area (Å²) < 4.78 is 0. The number of nitrogens with zero attached hydrogens (tertiary/aromatic N) is 6. The molecule has 45 heavy (non-hydrogen) atoms. The Hall–Kier alpha value is -3.86. The van der Waals surface area contributed by atoms with Crippen molar-refractivity contribution in [2.75, 3.05) is 0 Å². The maximum atomic E-state index is 6.80. The molecule has 3 aromatic heterocycles. The van der Waals surface area contributed by atoms with Gasteiger partial charge in [0, 0.05) is 33.0 Å². The van der Waals surface area contributed by atoms with Gasteiger partial charge in [-0.25, -0.2) is 29.9 Å². The van der Waals surface area contributed by atoms with Crippen LogP contribution >= 0.6 is 46.4 Å². The van der Waals surface area contributed by atoms with Crippen LogP contribution in [0, 0.1) is 0 Å². The molecule has 0 saturated heterocycles. The second-order valence-corrected chi connectivity index (χ2v) is 11.8. The van der Waals surface area contributed by atoms with E-state index in [0.29, 0.717) is 56.7 Å². The Morgan fingerprint density at radius 1 is 0.378 bits per heavy atom. The molecule has 5 heterocycles. The van der Waals surface area contributed by atoms with Crippen molar-refractivity contribution >= 4 is 90.5 Å². The number of hydrogen-bond acceptors (Lipinski definition) is 6. The quantitative estimate of drug-likeness (QED) is 0.0906. The fourth-order valence-corrected chi connectivity index (χ4v) is 6.78. The number of fused-ring (bicyclic) bond motifs is 20. The van der Waals surface area contributed by atoms with E-state index in [1.54, 1.807) is 0 Å². The van der Waals surface area contributed by atoms with E-state index in [4.69, 9.17) is 76.3 Å². The minimum atomic E-state index is 0. The summed E-state index contributed by atoms with van der Waals surface area (Å²) in [6.45, 7) is 0. The predicted octanol–water partition coefficient (Wildman–Crippen LogP) is 9.48. The molecule has 2 aliphatic rings. The van der Waals surface area contributed by atoms with E-state index in [9.17, 15) is 0 Å². The van der Waals surface area contributed by atoms with E-state index < -0.39 is 0 Å². The number of hydrogen-bond donors (Lipinski definition) is 2. The van der Waals surface area contributed by atoms with E-state index in [0.717, 1.165) is 33.0 Å². The molecule has 9 rings (SSSR count). The summed E-state index contributed by atoms with van der Waals surface area (Å²) >= 11 is 26.7. The first-order valence-corrected chi connectivity index (χ1v) is 14.9. The van der Waals surface area contributed by atoms with Crippen molar-refractivity contribution in [3.8, 4) is 45.6 Å². The van der Waals surface area contributed by atoms with Gasteiger partial charge in [-0.15, -0.1) is 0 Å². The van der Waals surface area contributed by atoms with Crippen LogP contribution < -0.4 is 0 Å². The summed E-state index contributed by atoms with van der Waals surface area (Å²) in [5.74, 6) is 1.85. The number of nitrogens with one attached hydrogen (secondary N) is 2. The normalized spacial score (nSPS) is 11.8. The van der Waals surface area contributed by atoms with Gasteiger partial charge in [-0.05, 0) is 0 Å². The average molecular weight is 760 g/mol. The monoisotopic (exact) mass is 757 g/mol. The van der Waals surface area contributed by atoms with Crippen molar-refractivity contribution in [1.29, 1.82) is 0 Å². The molecule has 220 valence electrons. The van der Waals surface area contributed by atoms with Gasteiger partial charge in [-0.2, -0.15) is 0 Å². The molecule has 4 aromatic carbocycles. The molecular formula is C32H14AgCl4N8+. The molecule has 0 fully saturated rings. The first kappa shape index (κ1) is 28.6. The molecule has 0 aliphatic carbocycles. The first-order chi connectivity index (χ1) is 21.5. The Kier molecular flexibility index (Phi) is 6.74. The molecule has 13 heteroatoms. The molecular weight excluding hydrogens is 746 g/mol. The van der Waals surface area contributed by atoms with Crippen molar-refractivity contribution in [3.63, 3.8) is 0 Å². The van der Waals surface area contributed by atoms with E-state index in [1.807, 2.05) is 72.8 Å². The number of aromatic nitrogens is 8. The molecule has 2 N–H and O–H groups in total. The topological polar surface area (TPSA) is 109 Å². The Bertz CT molecular complexity index is 2410. The van der Waals surface area contributed by atoms with Crippen LogP contribution in [0.1, 0.15) is 0 Å². The minimum absolute atomic E-state index is 0. The maximum absolute atomic E-state index is 6.80. The summed E-state index contributed by atoms with van der Waals surface area (Å²) in [4.78, 5) is 36.3. The van der Waals surface area contributed by atoms with E-state index >= 15 is 0 Å². The first-order valence-electron chi connectivity index (χ1n) is 13.4. The number of rotatable bonds is 0. The van der Waals surface area contributed by atoms with Crippen LogP contribution in [0.5, 0.6) is 0 Å². The fraction of sp³-hybridized carbons (Fsp3) is 0. The average Bonchev–Trinajstić information content (AvgIpc) is 3.78. The van der Waals surface area contributed by atoms with E-state index in [-0.39, 0.29) is 42.5 Å².